The number of carboxylic acids is 1. The van der Waals surface area contributed by atoms with Crippen molar-refractivity contribution in [1.82, 2.24) is 4.98 Å². The van der Waals surface area contributed by atoms with Crippen molar-refractivity contribution < 1.29 is 9.90 Å². The van der Waals surface area contributed by atoms with Crippen LogP contribution >= 0.6 is 0 Å². The van der Waals surface area contributed by atoms with Crippen molar-refractivity contribution >= 4 is 11.8 Å². The number of carbonyl (C=O) groups is 1. The Morgan fingerprint density at radius 1 is 1.35 bits per heavy atom. The van der Waals surface area contributed by atoms with E-state index in [9.17, 15) is 4.79 Å². The summed E-state index contributed by atoms with van der Waals surface area (Å²) < 4.78 is 0. The van der Waals surface area contributed by atoms with Gasteiger partial charge in [-0.15, -0.1) is 0 Å². The van der Waals surface area contributed by atoms with Gasteiger partial charge in [-0.25, -0.2) is 4.98 Å². The summed E-state index contributed by atoms with van der Waals surface area (Å²) in [6, 6.07) is 6.35. The first-order valence-electron chi connectivity index (χ1n) is 6.19. The van der Waals surface area contributed by atoms with Crippen LogP contribution in [0.5, 0.6) is 0 Å². The lowest BCUT2D eigenvalue weighted by Gasteiger charge is -2.21. The zero-order chi connectivity index (χ0) is 11.8. The molecule has 90 valence electrons. The molecule has 1 N–H and O–H groups in total. The van der Waals surface area contributed by atoms with Crippen LogP contribution in [0.2, 0.25) is 0 Å². The average molecular weight is 232 g/mol. The molecule has 3 rings (SSSR count). The molecule has 2 fully saturated rings. The van der Waals surface area contributed by atoms with Gasteiger partial charge in [0.1, 0.15) is 12.4 Å². The number of nitrogens with zero attached hydrogens (tertiary/aromatic N) is 2. The highest BCUT2D eigenvalue weighted by molar-refractivity contribution is 5.73. The van der Waals surface area contributed by atoms with Crippen LogP contribution in [0.25, 0.3) is 0 Å². The lowest BCUT2D eigenvalue weighted by molar-refractivity contribution is -0.135. The van der Waals surface area contributed by atoms with Crippen molar-refractivity contribution in [2.45, 2.75) is 37.6 Å². The minimum Gasteiger partial charge on any atom is -0.480 e. The quantitative estimate of drug-likeness (QED) is 0.843. The average Bonchev–Trinajstić information content (AvgIpc) is 3.18. The van der Waals surface area contributed by atoms with E-state index in [1.54, 1.807) is 0 Å². The molecule has 17 heavy (non-hydrogen) atoms. The third-order valence-electron chi connectivity index (χ3n) is 3.34. The minimum atomic E-state index is -0.782. The maximum Gasteiger partial charge on any atom is 0.323 e. The van der Waals surface area contributed by atoms with Crippen molar-refractivity contribution in [3.8, 4) is 0 Å². The zero-order valence-electron chi connectivity index (χ0n) is 9.67. The summed E-state index contributed by atoms with van der Waals surface area (Å²) in [6.07, 6.45) is 4.61. The smallest absolute Gasteiger partial charge is 0.323 e. The van der Waals surface area contributed by atoms with Crippen LogP contribution in [0.4, 0.5) is 5.82 Å². The van der Waals surface area contributed by atoms with Crippen LogP contribution in [-0.2, 0) is 4.79 Å². The second-order valence-electron chi connectivity index (χ2n) is 4.95. The Morgan fingerprint density at radius 3 is 2.71 bits per heavy atom. The number of carboxylic acid groups (broad SMARTS) is 1. The Kier molecular flexibility index (Phi) is 2.50. The van der Waals surface area contributed by atoms with Gasteiger partial charge in [0, 0.05) is 17.7 Å². The normalized spacial score (nSPS) is 19.1. The molecule has 0 bridgehead atoms. The highest BCUT2D eigenvalue weighted by atomic mass is 16.4. The van der Waals surface area contributed by atoms with Gasteiger partial charge in [0.05, 0.1) is 0 Å². The molecule has 0 radical (unpaired) electrons. The summed E-state index contributed by atoms with van der Waals surface area (Å²) in [4.78, 5) is 17.4. The number of pyridine rings is 1. The monoisotopic (exact) mass is 232 g/mol. The van der Waals surface area contributed by atoms with Gasteiger partial charge < -0.3 is 10.0 Å². The van der Waals surface area contributed by atoms with E-state index >= 15 is 0 Å². The van der Waals surface area contributed by atoms with Gasteiger partial charge in [0.15, 0.2) is 0 Å². The summed E-state index contributed by atoms with van der Waals surface area (Å²) in [5, 5.41) is 8.94. The molecule has 0 aromatic carbocycles. The fraction of sp³-hybridized carbons (Fsp3) is 0.538. The molecule has 2 aliphatic carbocycles. The molecule has 0 aliphatic heterocycles. The van der Waals surface area contributed by atoms with Crippen LogP contribution in [0.15, 0.2) is 18.2 Å². The lowest BCUT2D eigenvalue weighted by atomic mass is 10.2. The summed E-state index contributed by atoms with van der Waals surface area (Å²) in [5.41, 5.74) is 1.12. The first kappa shape index (κ1) is 10.6. The van der Waals surface area contributed by atoms with Gasteiger partial charge in [-0.05, 0) is 37.8 Å². The van der Waals surface area contributed by atoms with E-state index in [1.807, 2.05) is 23.1 Å². The molecule has 0 saturated heterocycles. The number of rotatable bonds is 5. The Hall–Kier alpha value is -1.58. The lowest BCUT2D eigenvalue weighted by Crippen LogP contribution is -2.32. The van der Waals surface area contributed by atoms with E-state index in [1.165, 1.54) is 12.8 Å². The van der Waals surface area contributed by atoms with E-state index in [0.717, 1.165) is 24.4 Å². The van der Waals surface area contributed by atoms with Crippen molar-refractivity contribution in [3.05, 3.63) is 23.9 Å². The van der Waals surface area contributed by atoms with Gasteiger partial charge in [0.25, 0.3) is 0 Å². The standard InChI is InChI=1S/C13H16N2O2/c16-13(17)8-15(10-6-7-10)12-3-1-2-11(14-12)9-4-5-9/h1-3,9-10H,4-8H2,(H,16,17). The molecule has 2 saturated carbocycles. The Labute approximate surface area is 100 Å². The molecule has 0 unspecified atom stereocenters. The van der Waals surface area contributed by atoms with E-state index < -0.39 is 5.97 Å². The molecule has 4 nitrogen and oxygen atoms in total. The molecule has 4 heteroatoms. The predicted octanol–water partition coefficient (Wildman–Crippen LogP) is 2.01. The van der Waals surface area contributed by atoms with Crippen molar-refractivity contribution in [1.29, 1.82) is 0 Å². The van der Waals surface area contributed by atoms with Crippen molar-refractivity contribution in [3.63, 3.8) is 0 Å². The predicted molar refractivity (Wildman–Crippen MR) is 64.2 cm³/mol. The Balaban J connectivity index is 1.83. The molecule has 1 aromatic heterocycles. The van der Waals surface area contributed by atoms with Crippen molar-refractivity contribution in [2.75, 3.05) is 11.4 Å². The molecule has 0 atom stereocenters. The zero-order valence-corrected chi connectivity index (χ0v) is 9.67. The van der Waals surface area contributed by atoms with E-state index in [-0.39, 0.29) is 6.54 Å². The summed E-state index contributed by atoms with van der Waals surface area (Å²) in [6.45, 7) is 0.0613. The van der Waals surface area contributed by atoms with Gasteiger partial charge in [-0.2, -0.15) is 0 Å². The maximum absolute atomic E-state index is 10.9. The summed E-state index contributed by atoms with van der Waals surface area (Å²) in [5.74, 6) is 0.663. The number of hydrogen-bond donors (Lipinski definition) is 1. The van der Waals surface area contributed by atoms with Crippen LogP contribution < -0.4 is 4.90 Å². The highest BCUT2D eigenvalue weighted by Gasteiger charge is 2.32. The third-order valence-corrected chi connectivity index (χ3v) is 3.34. The van der Waals surface area contributed by atoms with E-state index in [2.05, 4.69) is 4.98 Å². The first-order chi connectivity index (χ1) is 8.24. The fourth-order valence-corrected chi connectivity index (χ4v) is 2.14. The fourth-order valence-electron chi connectivity index (χ4n) is 2.14. The van der Waals surface area contributed by atoms with E-state index in [0.29, 0.717) is 12.0 Å². The molecule has 0 spiro atoms. The van der Waals surface area contributed by atoms with Gasteiger partial charge >= 0.3 is 5.97 Å². The Morgan fingerprint density at radius 2 is 2.12 bits per heavy atom. The first-order valence-corrected chi connectivity index (χ1v) is 6.19. The summed E-state index contributed by atoms with van der Waals surface area (Å²) >= 11 is 0. The third kappa shape index (κ3) is 2.40. The molecule has 2 aliphatic rings. The van der Waals surface area contributed by atoms with Gasteiger partial charge in [0.2, 0.25) is 0 Å². The van der Waals surface area contributed by atoms with Crippen LogP contribution in [0.3, 0.4) is 0 Å². The highest BCUT2D eigenvalue weighted by Crippen LogP contribution is 2.40. The SMILES string of the molecule is O=C(O)CN(c1cccc(C2CC2)n1)C1CC1. The topological polar surface area (TPSA) is 53.4 Å². The van der Waals surface area contributed by atoms with Crippen LogP contribution in [0, 0.1) is 0 Å². The van der Waals surface area contributed by atoms with Crippen molar-refractivity contribution in [2.24, 2.45) is 0 Å². The minimum absolute atomic E-state index is 0.0613. The molecule has 1 aromatic rings. The largest absolute Gasteiger partial charge is 0.480 e. The van der Waals surface area contributed by atoms with Crippen LogP contribution in [0.1, 0.15) is 37.3 Å². The number of anilines is 1. The molecular weight excluding hydrogens is 216 g/mol. The number of aromatic nitrogens is 1. The molecular formula is C13H16N2O2. The van der Waals surface area contributed by atoms with Gasteiger partial charge in [-0.3, -0.25) is 4.79 Å². The maximum atomic E-state index is 10.9. The second kappa shape index (κ2) is 4.02. The second-order valence-corrected chi connectivity index (χ2v) is 4.95. The van der Waals surface area contributed by atoms with E-state index in [4.69, 9.17) is 5.11 Å². The number of hydrogen-bond acceptors (Lipinski definition) is 3. The van der Waals surface area contributed by atoms with Gasteiger partial charge in [-0.1, -0.05) is 6.07 Å². The summed E-state index contributed by atoms with van der Waals surface area (Å²) in [7, 11) is 0. The Bertz CT molecular complexity index is 439. The molecule has 0 amide bonds. The number of aliphatic carboxylic acids is 1. The van der Waals surface area contributed by atoms with Crippen LogP contribution in [-0.4, -0.2) is 28.6 Å². The molecule has 1 heterocycles.